The molecule has 0 aromatic heterocycles. The number of halogens is 27. The molecular formula is C28H16ClF26P. The van der Waals surface area contributed by atoms with Crippen LogP contribution in [0.2, 0.25) is 0 Å². The van der Waals surface area contributed by atoms with Crippen LogP contribution >= 0.6 is 18.5 Å². The van der Waals surface area contributed by atoms with Gasteiger partial charge in [-0.25, -0.2) is 0 Å². The van der Waals surface area contributed by atoms with Crippen LogP contribution in [-0.2, 0) is 12.8 Å². The molecule has 0 aliphatic rings. The second-order valence-electron chi connectivity index (χ2n) is 11.6. The Morgan fingerprint density at radius 2 is 0.536 bits per heavy atom. The van der Waals surface area contributed by atoms with E-state index >= 15 is 0 Å². The minimum absolute atomic E-state index is 0.0270. The van der Waals surface area contributed by atoms with Crippen molar-refractivity contribution in [2.75, 3.05) is 0 Å². The molecular weight excluding hydrogens is 897 g/mol. The maximum absolute atomic E-state index is 14.1. The Bertz CT molecular complexity index is 1520. The summed E-state index contributed by atoms with van der Waals surface area (Å²) in [4.78, 5) is 0. The van der Waals surface area contributed by atoms with E-state index in [2.05, 4.69) is 0 Å². The van der Waals surface area contributed by atoms with Crippen molar-refractivity contribution in [1.29, 1.82) is 0 Å². The maximum atomic E-state index is 14.1. The van der Waals surface area contributed by atoms with E-state index in [-0.39, 0.29) is 10.6 Å². The SMILES string of the molecule is FC(F)(F)C(F)(F)C(F)(F)C(F)(F)C(F)(F)C(F)(F)CCc1ccc(P(Cl)c2ccc(CCC(F)(F)C(F)(F)C(F)(F)C(F)(F)C(F)(F)C(F)(F)F)cc2)cc1. The van der Waals surface area contributed by atoms with Crippen molar-refractivity contribution in [3.63, 3.8) is 0 Å². The fourth-order valence-electron chi connectivity index (χ4n) is 4.26. The van der Waals surface area contributed by atoms with Gasteiger partial charge in [-0.1, -0.05) is 59.8 Å². The number of rotatable bonds is 16. The smallest absolute Gasteiger partial charge is 0.200 e. The Morgan fingerprint density at radius 1 is 0.321 bits per heavy atom. The third kappa shape index (κ3) is 8.02. The van der Waals surface area contributed by atoms with E-state index < -0.39 is 116 Å². The van der Waals surface area contributed by atoms with Gasteiger partial charge in [0.05, 0.1) is 7.27 Å². The Labute approximate surface area is 300 Å². The van der Waals surface area contributed by atoms with Crippen molar-refractivity contribution in [3.05, 3.63) is 59.7 Å². The van der Waals surface area contributed by atoms with Crippen LogP contribution in [0.5, 0.6) is 0 Å². The topological polar surface area (TPSA) is 0 Å². The molecule has 2 aromatic carbocycles. The summed E-state index contributed by atoms with van der Waals surface area (Å²) in [6, 6.07) is 6.77. The zero-order chi connectivity index (χ0) is 44.4. The van der Waals surface area contributed by atoms with Gasteiger partial charge in [0.2, 0.25) is 0 Å². The zero-order valence-electron chi connectivity index (χ0n) is 26.1. The Kier molecular flexibility index (Phi) is 13.1. The zero-order valence-corrected chi connectivity index (χ0v) is 27.7. The average molecular weight is 913 g/mol. The van der Waals surface area contributed by atoms with E-state index in [0.29, 0.717) is 0 Å². The highest BCUT2D eigenvalue weighted by Gasteiger charge is 2.92. The minimum Gasteiger partial charge on any atom is -0.200 e. The third-order valence-corrected chi connectivity index (χ3v) is 10.5. The molecule has 322 valence electrons. The summed E-state index contributed by atoms with van der Waals surface area (Å²) in [5.41, 5.74) is -1.00. The summed E-state index contributed by atoms with van der Waals surface area (Å²) < 4.78 is 346. The lowest BCUT2D eigenvalue weighted by Crippen LogP contribution is -2.70. The molecule has 2 rings (SSSR count). The Morgan fingerprint density at radius 3 is 0.750 bits per heavy atom. The maximum Gasteiger partial charge on any atom is 0.460 e. The van der Waals surface area contributed by atoms with Crippen molar-refractivity contribution < 1.29 is 114 Å². The molecule has 0 amide bonds. The quantitative estimate of drug-likeness (QED) is 0.116. The standard InChI is InChI=1S/C28H16ClF26P/c29-56(15-5-1-13(2-6-15)9-11-17(30,31)19(34,35)21(38,39)23(42,43)25(46,47)27(50,51)52)16-7-3-14(4-8-16)10-12-18(32,33)20(36,37)22(40,41)24(44,45)26(48,49)28(53,54)55/h1-8H,9-12H2. The number of aryl methyl sites for hydroxylation is 2. The van der Waals surface area contributed by atoms with Gasteiger partial charge in [0, 0.05) is 12.8 Å². The summed E-state index contributed by atoms with van der Waals surface area (Å²) in [7, 11) is -2.15. The fourth-order valence-corrected chi connectivity index (χ4v) is 6.05. The summed E-state index contributed by atoms with van der Waals surface area (Å²) >= 11 is 6.21. The molecule has 0 nitrogen and oxygen atoms in total. The van der Waals surface area contributed by atoms with E-state index in [1.54, 1.807) is 0 Å². The van der Waals surface area contributed by atoms with Crippen LogP contribution in [0, 0.1) is 0 Å². The molecule has 0 radical (unpaired) electrons. The van der Waals surface area contributed by atoms with Gasteiger partial charge in [0.15, 0.2) is 0 Å². The van der Waals surface area contributed by atoms with Crippen molar-refractivity contribution >= 4 is 29.1 Å². The highest BCUT2D eigenvalue weighted by Crippen LogP contribution is 2.62. The molecule has 56 heavy (non-hydrogen) atoms. The van der Waals surface area contributed by atoms with Crippen LogP contribution in [0.25, 0.3) is 0 Å². The predicted octanol–water partition coefficient (Wildman–Crippen LogP) is 12.6. The van der Waals surface area contributed by atoms with E-state index in [0.717, 1.165) is 48.5 Å². The summed E-state index contributed by atoms with van der Waals surface area (Å²) in [6.07, 6.45) is -23.1. The van der Waals surface area contributed by atoms with Crippen molar-refractivity contribution in [3.8, 4) is 0 Å². The van der Waals surface area contributed by atoms with Gasteiger partial charge in [-0.05, 0) is 34.6 Å². The van der Waals surface area contributed by atoms with Gasteiger partial charge in [-0.3, -0.25) is 0 Å². The molecule has 0 saturated carbocycles. The van der Waals surface area contributed by atoms with Gasteiger partial charge in [-0.2, -0.15) is 114 Å². The molecule has 0 spiro atoms. The van der Waals surface area contributed by atoms with Gasteiger partial charge in [-0.15, -0.1) is 0 Å². The lowest BCUT2D eigenvalue weighted by molar-refractivity contribution is -0.440. The number of alkyl halides is 26. The van der Waals surface area contributed by atoms with Crippen molar-refractivity contribution in [2.45, 2.75) is 97.3 Å². The predicted molar refractivity (Wildman–Crippen MR) is 143 cm³/mol. The molecule has 28 heteroatoms. The first kappa shape index (κ1) is 49.5. The van der Waals surface area contributed by atoms with Gasteiger partial charge in [0.1, 0.15) is 0 Å². The van der Waals surface area contributed by atoms with E-state index in [9.17, 15) is 114 Å². The molecule has 0 aliphatic heterocycles. The first-order valence-corrected chi connectivity index (χ1v) is 16.3. The van der Waals surface area contributed by atoms with Crippen molar-refractivity contribution in [2.24, 2.45) is 0 Å². The molecule has 0 atom stereocenters. The lowest BCUT2D eigenvalue weighted by Gasteiger charge is -2.39. The van der Waals surface area contributed by atoms with Crippen LogP contribution in [0.3, 0.4) is 0 Å². The average Bonchev–Trinajstić information content (AvgIpc) is 3.04. The second kappa shape index (κ2) is 14.9. The van der Waals surface area contributed by atoms with Crippen LogP contribution in [0.4, 0.5) is 114 Å². The fraction of sp³-hybridized carbons (Fsp3) is 0.571. The molecule has 0 bridgehead atoms. The molecule has 0 saturated heterocycles. The first-order valence-electron chi connectivity index (χ1n) is 14.1. The number of benzene rings is 2. The highest BCUT2D eigenvalue weighted by atomic mass is 35.7. The molecule has 0 aliphatic carbocycles. The summed E-state index contributed by atoms with van der Waals surface area (Å²) in [6.45, 7) is 0. The number of hydrogen-bond donors (Lipinski definition) is 0. The number of hydrogen-bond acceptors (Lipinski definition) is 0. The van der Waals surface area contributed by atoms with Gasteiger partial charge in [0.25, 0.3) is 0 Å². The monoisotopic (exact) mass is 912 g/mol. The highest BCUT2D eigenvalue weighted by molar-refractivity contribution is 7.95. The van der Waals surface area contributed by atoms with Gasteiger partial charge >= 0.3 is 71.6 Å². The summed E-state index contributed by atoms with van der Waals surface area (Å²) in [5, 5.41) is -0.0541. The van der Waals surface area contributed by atoms with Crippen LogP contribution in [-0.4, -0.2) is 71.6 Å². The van der Waals surface area contributed by atoms with Crippen LogP contribution in [0.15, 0.2) is 48.5 Å². The van der Waals surface area contributed by atoms with Crippen LogP contribution in [0.1, 0.15) is 24.0 Å². The first-order chi connectivity index (χ1) is 24.5. The van der Waals surface area contributed by atoms with Crippen LogP contribution < -0.4 is 10.6 Å². The Balaban J connectivity index is 2.18. The largest absolute Gasteiger partial charge is 0.460 e. The van der Waals surface area contributed by atoms with Crippen molar-refractivity contribution in [1.82, 2.24) is 0 Å². The van der Waals surface area contributed by atoms with Gasteiger partial charge < -0.3 is 0 Å². The second-order valence-corrected chi connectivity index (χ2v) is 14.2. The van der Waals surface area contributed by atoms with E-state index in [1.807, 2.05) is 0 Å². The lowest BCUT2D eigenvalue weighted by atomic mass is 9.91. The molecule has 2 aromatic rings. The minimum atomic E-state index is -8.08. The molecule has 0 N–H and O–H groups in total. The van der Waals surface area contributed by atoms with E-state index in [4.69, 9.17) is 11.2 Å². The normalized spacial score (nSPS) is 15.5. The molecule has 0 heterocycles. The Hall–Kier alpha value is -2.66. The van der Waals surface area contributed by atoms with E-state index in [1.165, 1.54) is 0 Å². The third-order valence-electron chi connectivity index (χ3n) is 7.78. The summed E-state index contributed by atoms with van der Waals surface area (Å²) in [5.74, 6) is -75.6. The molecule has 0 unspecified atom stereocenters. The molecule has 0 fully saturated rings.